The van der Waals surface area contributed by atoms with E-state index in [2.05, 4.69) is 19.9 Å². The average molecular weight is 258 g/mol. The lowest BCUT2D eigenvalue weighted by atomic mass is 10.0. The first-order valence-corrected chi connectivity index (χ1v) is 6.69. The Morgan fingerprint density at radius 2 is 2.05 bits per heavy atom. The van der Waals surface area contributed by atoms with Crippen LogP contribution in [0.3, 0.4) is 0 Å². The minimum absolute atomic E-state index is 0.0325. The highest BCUT2D eigenvalue weighted by Crippen LogP contribution is 2.16. The van der Waals surface area contributed by atoms with Crippen LogP contribution in [0.1, 0.15) is 41.8 Å². The Morgan fingerprint density at radius 1 is 1.37 bits per heavy atom. The first kappa shape index (κ1) is 15.2. The number of carbonyl (C=O) groups is 1. The number of nitriles is 1. The lowest BCUT2D eigenvalue weighted by Gasteiger charge is -2.24. The summed E-state index contributed by atoms with van der Waals surface area (Å²) in [4.78, 5) is 14.4. The largest absolute Gasteiger partial charge is 0.337 e. The van der Waals surface area contributed by atoms with Crippen LogP contribution in [0, 0.1) is 31.1 Å². The predicted octanol–water partition coefficient (Wildman–Crippen LogP) is 3.32. The second-order valence-corrected chi connectivity index (χ2v) is 5.30. The van der Waals surface area contributed by atoms with Crippen LogP contribution < -0.4 is 0 Å². The van der Waals surface area contributed by atoms with E-state index in [0.717, 1.165) is 16.7 Å². The van der Waals surface area contributed by atoms with E-state index in [1.165, 1.54) is 0 Å². The van der Waals surface area contributed by atoms with Gasteiger partial charge in [0.2, 0.25) is 0 Å². The standard InChI is InChI=1S/C16H22N2O/c1-12(2)11-18(10-6-9-17)16(19)15-8-5-7-13(3)14(15)4/h5,7-8,12H,6,10-11H2,1-4H3. The van der Waals surface area contributed by atoms with Gasteiger partial charge in [0.15, 0.2) is 0 Å². The summed E-state index contributed by atoms with van der Waals surface area (Å²) >= 11 is 0. The lowest BCUT2D eigenvalue weighted by molar-refractivity contribution is 0.0739. The maximum atomic E-state index is 12.6. The van der Waals surface area contributed by atoms with Crippen LogP contribution in [0.2, 0.25) is 0 Å². The third-order valence-corrected chi connectivity index (χ3v) is 3.20. The maximum absolute atomic E-state index is 12.6. The number of carbonyl (C=O) groups excluding carboxylic acids is 1. The predicted molar refractivity (Wildman–Crippen MR) is 76.9 cm³/mol. The van der Waals surface area contributed by atoms with Gasteiger partial charge in [-0.25, -0.2) is 0 Å². The molecule has 0 saturated carbocycles. The molecule has 0 atom stereocenters. The summed E-state index contributed by atoms with van der Waals surface area (Å²) in [5.74, 6) is 0.429. The number of rotatable bonds is 5. The van der Waals surface area contributed by atoms with Crippen LogP contribution in [-0.4, -0.2) is 23.9 Å². The fourth-order valence-electron chi connectivity index (χ4n) is 2.05. The highest BCUT2D eigenvalue weighted by atomic mass is 16.2. The summed E-state index contributed by atoms with van der Waals surface area (Å²) < 4.78 is 0. The molecule has 19 heavy (non-hydrogen) atoms. The van der Waals surface area contributed by atoms with Crippen molar-refractivity contribution in [3.63, 3.8) is 0 Å². The zero-order valence-corrected chi connectivity index (χ0v) is 12.2. The van der Waals surface area contributed by atoms with E-state index >= 15 is 0 Å². The first-order valence-electron chi connectivity index (χ1n) is 6.69. The average Bonchev–Trinajstić information content (AvgIpc) is 2.36. The number of aryl methyl sites for hydroxylation is 1. The van der Waals surface area contributed by atoms with Crippen LogP contribution in [0.5, 0.6) is 0 Å². The van der Waals surface area contributed by atoms with Gasteiger partial charge in [0.25, 0.3) is 5.91 Å². The lowest BCUT2D eigenvalue weighted by Crippen LogP contribution is -2.35. The Morgan fingerprint density at radius 3 is 2.63 bits per heavy atom. The Kier molecular flexibility index (Phi) is 5.57. The molecule has 0 unspecified atom stereocenters. The molecule has 0 spiro atoms. The topological polar surface area (TPSA) is 44.1 Å². The van der Waals surface area contributed by atoms with Gasteiger partial charge in [0.05, 0.1) is 12.5 Å². The molecular weight excluding hydrogens is 236 g/mol. The van der Waals surface area contributed by atoms with Crippen molar-refractivity contribution in [3.05, 3.63) is 34.9 Å². The van der Waals surface area contributed by atoms with Crippen molar-refractivity contribution in [2.24, 2.45) is 5.92 Å². The number of hydrogen-bond donors (Lipinski definition) is 0. The number of benzene rings is 1. The van der Waals surface area contributed by atoms with Crippen LogP contribution in [-0.2, 0) is 0 Å². The molecule has 0 fully saturated rings. The minimum atomic E-state index is 0.0325. The van der Waals surface area contributed by atoms with Crippen molar-refractivity contribution in [2.45, 2.75) is 34.1 Å². The molecule has 0 aliphatic rings. The van der Waals surface area contributed by atoms with Gasteiger partial charge in [-0.3, -0.25) is 4.79 Å². The van der Waals surface area contributed by atoms with Crippen LogP contribution in [0.25, 0.3) is 0 Å². The van der Waals surface area contributed by atoms with Gasteiger partial charge in [-0.15, -0.1) is 0 Å². The monoisotopic (exact) mass is 258 g/mol. The molecule has 0 aliphatic carbocycles. The Hall–Kier alpha value is -1.82. The molecule has 0 bridgehead atoms. The van der Waals surface area contributed by atoms with Crippen molar-refractivity contribution in [3.8, 4) is 6.07 Å². The second kappa shape index (κ2) is 6.94. The van der Waals surface area contributed by atoms with Crippen molar-refractivity contribution in [2.75, 3.05) is 13.1 Å². The minimum Gasteiger partial charge on any atom is -0.337 e. The summed E-state index contributed by atoms with van der Waals surface area (Å²) in [6.07, 6.45) is 0.378. The molecule has 3 heteroatoms. The fourth-order valence-corrected chi connectivity index (χ4v) is 2.05. The highest BCUT2D eigenvalue weighted by Gasteiger charge is 2.18. The smallest absolute Gasteiger partial charge is 0.254 e. The second-order valence-electron chi connectivity index (χ2n) is 5.30. The molecule has 0 heterocycles. The van der Waals surface area contributed by atoms with E-state index in [9.17, 15) is 4.79 Å². The third-order valence-electron chi connectivity index (χ3n) is 3.20. The van der Waals surface area contributed by atoms with Crippen molar-refractivity contribution in [1.82, 2.24) is 4.90 Å². The molecule has 0 N–H and O–H groups in total. The summed E-state index contributed by atoms with van der Waals surface area (Å²) in [5.41, 5.74) is 2.90. The van der Waals surface area contributed by atoms with E-state index in [4.69, 9.17) is 5.26 Å². The molecule has 0 aromatic heterocycles. The highest BCUT2D eigenvalue weighted by molar-refractivity contribution is 5.96. The maximum Gasteiger partial charge on any atom is 0.254 e. The number of amides is 1. The van der Waals surface area contributed by atoms with Crippen LogP contribution in [0.15, 0.2) is 18.2 Å². The molecule has 102 valence electrons. The van der Waals surface area contributed by atoms with E-state index < -0.39 is 0 Å². The fraction of sp³-hybridized carbons (Fsp3) is 0.500. The normalized spacial score (nSPS) is 10.3. The molecule has 3 nitrogen and oxygen atoms in total. The number of hydrogen-bond acceptors (Lipinski definition) is 2. The molecular formula is C16H22N2O. The summed E-state index contributed by atoms with van der Waals surface area (Å²) in [6.45, 7) is 9.33. The van der Waals surface area contributed by atoms with E-state index in [-0.39, 0.29) is 5.91 Å². The van der Waals surface area contributed by atoms with E-state index in [1.807, 2.05) is 32.0 Å². The Labute approximate surface area is 115 Å². The van der Waals surface area contributed by atoms with Gasteiger partial charge in [-0.05, 0) is 37.0 Å². The van der Waals surface area contributed by atoms with Crippen LogP contribution in [0.4, 0.5) is 0 Å². The van der Waals surface area contributed by atoms with E-state index in [0.29, 0.717) is 25.4 Å². The number of nitrogens with zero attached hydrogens (tertiary/aromatic N) is 2. The molecule has 1 aromatic rings. The van der Waals surface area contributed by atoms with E-state index in [1.54, 1.807) is 4.90 Å². The van der Waals surface area contributed by atoms with Gasteiger partial charge < -0.3 is 4.90 Å². The summed E-state index contributed by atoms with van der Waals surface area (Å²) in [6, 6.07) is 7.89. The third kappa shape index (κ3) is 4.10. The molecule has 0 saturated heterocycles. The van der Waals surface area contributed by atoms with Crippen molar-refractivity contribution < 1.29 is 4.79 Å². The first-order chi connectivity index (χ1) is 8.97. The van der Waals surface area contributed by atoms with Gasteiger partial charge >= 0.3 is 0 Å². The molecule has 0 aliphatic heterocycles. The van der Waals surface area contributed by atoms with Gasteiger partial charge in [-0.2, -0.15) is 5.26 Å². The molecule has 1 amide bonds. The van der Waals surface area contributed by atoms with Crippen molar-refractivity contribution >= 4 is 5.91 Å². The molecule has 1 aromatic carbocycles. The zero-order chi connectivity index (χ0) is 14.4. The molecule has 1 rings (SSSR count). The quantitative estimate of drug-likeness (QED) is 0.813. The van der Waals surface area contributed by atoms with Crippen LogP contribution >= 0.6 is 0 Å². The summed E-state index contributed by atoms with van der Waals surface area (Å²) in [7, 11) is 0. The van der Waals surface area contributed by atoms with Crippen molar-refractivity contribution in [1.29, 1.82) is 5.26 Å². The zero-order valence-electron chi connectivity index (χ0n) is 12.2. The Bertz CT molecular complexity index is 486. The van der Waals surface area contributed by atoms with Gasteiger partial charge in [0, 0.05) is 18.7 Å². The summed E-state index contributed by atoms with van der Waals surface area (Å²) in [5, 5.41) is 8.71. The van der Waals surface area contributed by atoms with Gasteiger partial charge in [0.1, 0.15) is 0 Å². The molecule has 0 radical (unpaired) electrons. The SMILES string of the molecule is Cc1cccc(C(=O)N(CCC#N)CC(C)C)c1C. The van der Waals surface area contributed by atoms with Gasteiger partial charge in [-0.1, -0.05) is 26.0 Å². The Balaban J connectivity index is 2.98.